The fourth-order valence-corrected chi connectivity index (χ4v) is 5.28. The van der Waals surface area contributed by atoms with Crippen LogP contribution in [0.1, 0.15) is 39.1 Å². The van der Waals surface area contributed by atoms with Crippen molar-refractivity contribution >= 4 is 29.1 Å². The second-order valence-electron chi connectivity index (χ2n) is 8.89. The Balaban J connectivity index is 1.31. The fraction of sp³-hybridized carbons (Fsp3) is 0.320. The molecule has 8 nitrogen and oxygen atoms in total. The van der Waals surface area contributed by atoms with Crippen molar-refractivity contribution in [3.05, 3.63) is 69.2 Å². The highest BCUT2D eigenvalue weighted by Crippen LogP contribution is 2.34. The maximum Gasteiger partial charge on any atom is 0.325 e. The molecule has 2 aliphatic heterocycles. The van der Waals surface area contributed by atoms with Crippen LogP contribution in [0.15, 0.2) is 41.8 Å². The minimum absolute atomic E-state index is 0.162. The second-order valence-corrected chi connectivity index (χ2v) is 9.92. The van der Waals surface area contributed by atoms with Gasteiger partial charge in [0, 0.05) is 28.2 Å². The number of aryl methyl sites for hydroxylation is 1. The quantitative estimate of drug-likeness (QED) is 0.413. The Kier molecular flexibility index (Phi) is 5.44. The van der Waals surface area contributed by atoms with Crippen LogP contribution in [0.25, 0.3) is 0 Å². The van der Waals surface area contributed by atoms with Crippen molar-refractivity contribution in [2.45, 2.75) is 39.3 Å². The van der Waals surface area contributed by atoms with E-state index >= 15 is 0 Å². The van der Waals surface area contributed by atoms with Gasteiger partial charge in [0.1, 0.15) is 5.54 Å². The number of thiophene rings is 1. The van der Waals surface area contributed by atoms with E-state index in [1.807, 2.05) is 43.5 Å². The zero-order chi connectivity index (χ0) is 24.0. The Morgan fingerprint density at radius 3 is 2.71 bits per heavy atom. The van der Waals surface area contributed by atoms with Crippen LogP contribution < -0.4 is 14.8 Å². The van der Waals surface area contributed by atoms with E-state index in [-0.39, 0.29) is 25.5 Å². The number of aromatic nitrogens is 1. The molecule has 1 atom stereocenters. The lowest BCUT2D eigenvalue weighted by molar-refractivity contribution is -0.130. The summed E-state index contributed by atoms with van der Waals surface area (Å²) in [4.78, 5) is 41.3. The van der Waals surface area contributed by atoms with Crippen LogP contribution in [0, 0.1) is 13.8 Å². The molecular weight excluding hydrogens is 454 g/mol. The molecule has 9 heteroatoms. The lowest BCUT2D eigenvalue weighted by Crippen LogP contribution is -2.46. The Bertz CT molecular complexity index is 1300. The van der Waals surface area contributed by atoms with Crippen LogP contribution in [-0.4, -0.2) is 46.1 Å². The number of nitrogens with zero attached hydrogens (tertiary/aromatic N) is 2. The minimum Gasteiger partial charge on any atom is -0.454 e. The number of benzene rings is 1. The van der Waals surface area contributed by atoms with Crippen LogP contribution in [0.5, 0.6) is 11.5 Å². The van der Waals surface area contributed by atoms with Crippen molar-refractivity contribution in [3.63, 3.8) is 0 Å². The smallest absolute Gasteiger partial charge is 0.325 e. The van der Waals surface area contributed by atoms with Crippen molar-refractivity contribution < 1.29 is 23.9 Å². The van der Waals surface area contributed by atoms with Gasteiger partial charge in [0.05, 0.1) is 13.1 Å². The molecule has 34 heavy (non-hydrogen) atoms. The first-order valence-corrected chi connectivity index (χ1v) is 11.9. The molecule has 3 amide bonds. The average molecular weight is 480 g/mol. The number of urea groups is 1. The van der Waals surface area contributed by atoms with E-state index in [1.165, 1.54) is 4.88 Å². The highest BCUT2D eigenvalue weighted by Gasteiger charge is 2.48. The van der Waals surface area contributed by atoms with Gasteiger partial charge in [-0.3, -0.25) is 14.5 Å². The third-order valence-electron chi connectivity index (χ3n) is 6.41. The summed E-state index contributed by atoms with van der Waals surface area (Å²) in [5.74, 6) is 0.583. The maximum absolute atomic E-state index is 13.2. The van der Waals surface area contributed by atoms with Gasteiger partial charge in [0.2, 0.25) is 6.79 Å². The standard InChI is InChI=1S/C25H25N3O5S/c1-15-9-19(16(2)27(15)12-18-5-4-8-34-18)20(29)13-28-23(30)25(3,26-24(28)31)11-17-6-7-21-22(10-17)33-14-32-21/h4-10H,11-14H2,1-3H3,(H,26,31). The number of imide groups is 1. The average Bonchev–Trinajstić information content (AvgIpc) is 3.56. The summed E-state index contributed by atoms with van der Waals surface area (Å²) in [6.45, 7) is 6.06. The van der Waals surface area contributed by atoms with Crippen LogP contribution in [0.3, 0.4) is 0 Å². The summed E-state index contributed by atoms with van der Waals surface area (Å²) in [5.41, 5.74) is 1.98. The zero-order valence-electron chi connectivity index (χ0n) is 19.2. The van der Waals surface area contributed by atoms with Crippen molar-refractivity contribution in [1.82, 2.24) is 14.8 Å². The summed E-state index contributed by atoms with van der Waals surface area (Å²) in [6.07, 6.45) is 0.272. The van der Waals surface area contributed by atoms with Gasteiger partial charge in [-0.15, -0.1) is 11.3 Å². The maximum atomic E-state index is 13.2. The Morgan fingerprint density at radius 1 is 1.15 bits per heavy atom. The topological polar surface area (TPSA) is 89.9 Å². The van der Waals surface area contributed by atoms with Gasteiger partial charge in [0.25, 0.3) is 5.91 Å². The number of carbonyl (C=O) groups excluding carboxylic acids is 3. The van der Waals surface area contributed by atoms with Crippen molar-refractivity contribution in [2.75, 3.05) is 13.3 Å². The van der Waals surface area contributed by atoms with E-state index in [4.69, 9.17) is 9.47 Å². The Hall–Kier alpha value is -3.59. The van der Waals surface area contributed by atoms with Crippen LogP contribution in [-0.2, 0) is 17.8 Å². The number of ether oxygens (including phenoxy) is 2. The lowest BCUT2D eigenvalue weighted by Gasteiger charge is -2.21. The molecule has 0 radical (unpaired) electrons. The Morgan fingerprint density at radius 2 is 1.94 bits per heavy atom. The van der Waals surface area contributed by atoms with E-state index in [0.717, 1.165) is 21.9 Å². The van der Waals surface area contributed by atoms with Crippen molar-refractivity contribution in [3.8, 4) is 11.5 Å². The van der Waals surface area contributed by atoms with E-state index in [2.05, 4.69) is 16.0 Å². The van der Waals surface area contributed by atoms with Crippen molar-refractivity contribution in [2.24, 2.45) is 0 Å². The van der Waals surface area contributed by atoms with E-state index in [9.17, 15) is 14.4 Å². The number of Topliss-reactive ketones (excluding diaryl/α,β-unsaturated/α-hetero) is 1. The summed E-state index contributed by atoms with van der Waals surface area (Å²) in [6, 6.07) is 10.8. The number of amides is 3. The normalized spacial score (nSPS) is 19.1. The number of carbonyl (C=O) groups is 3. The first-order chi connectivity index (χ1) is 16.2. The molecule has 1 unspecified atom stereocenters. The summed E-state index contributed by atoms with van der Waals surface area (Å²) < 4.78 is 12.8. The molecular formula is C25H25N3O5S. The molecule has 2 aliphatic rings. The van der Waals surface area contributed by atoms with E-state index in [0.29, 0.717) is 23.6 Å². The number of hydrogen-bond acceptors (Lipinski definition) is 6. The number of ketones is 1. The molecule has 1 fully saturated rings. The third-order valence-corrected chi connectivity index (χ3v) is 7.27. The first-order valence-electron chi connectivity index (χ1n) is 11.0. The molecule has 0 bridgehead atoms. The van der Waals surface area contributed by atoms with Gasteiger partial charge in [-0.25, -0.2) is 4.79 Å². The molecule has 5 rings (SSSR count). The molecule has 0 aliphatic carbocycles. The lowest BCUT2D eigenvalue weighted by atomic mass is 9.92. The van der Waals surface area contributed by atoms with Gasteiger partial charge in [-0.2, -0.15) is 0 Å². The largest absolute Gasteiger partial charge is 0.454 e. The molecule has 0 spiro atoms. The number of nitrogens with one attached hydrogen (secondary N) is 1. The number of fused-ring (bicyclic) bond motifs is 1. The zero-order valence-corrected chi connectivity index (χ0v) is 20.0. The third kappa shape index (κ3) is 3.86. The van der Waals surface area contributed by atoms with Crippen LogP contribution in [0.4, 0.5) is 4.79 Å². The van der Waals surface area contributed by atoms with Gasteiger partial charge >= 0.3 is 6.03 Å². The van der Waals surface area contributed by atoms with Crippen LogP contribution in [0.2, 0.25) is 0 Å². The summed E-state index contributed by atoms with van der Waals surface area (Å²) in [5, 5.41) is 4.79. The second kappa shape index (κ2) is 8.32. The highest BCUT2D eigenvalue weighted by atomic mass is 32.1. The molecule has 1 aromatic carbocycles. The van der Waals surface area contributed by atoms with E-state index in [1.54, 1.807) is 24.3 Å². The molecule has 1 saturated heterocycles. The summed E-state index contributed by atoms with van der Waals surface area (Å²) in [7, 11) is 0. The van der Waals surface area contributed by atoms with Gasteiger partial charge < -0.3 is 19.4 Å². The highest BCUT2D eigenvalue weighted by molar-refractivity contribution is 7.09. The molecule has 0 saturated carbocycles. The van der Waals surface area contributed by atoms with Gasteiger partial charge in [0.15, 0.2) is 17.3 Å². The SMILES string of the molecule is Cc1cc(C(=O)CN2C(=O)NC(C)(Cc3ccc4c(c3)OCO4)C2=O)c(C)n1Cc1cccs1. The predicted octanol–water partition coefficient (Wildman–Crippen LogP) is 3.68. The van der Waals surface area contributed by atoms with Crippen molar-refractivity contribution in [1.29, 1.82) is 0 Å². The van der Waals surface area contributed by atoms with E-state index < -0.39 is 17.5 Å². The predicted molar refractivity (Wildman–Crippen MR) is 127 cm³/mol. The monoisotopic (exact) mass is 479 g/mol. The van der Waals surface area contributed by atoms with Crippen LogP contribution >= 0.6 is 11.3 Å². The van der Waals surface area contributed by atoms with Gasteiger partial charge in [-0.1, -0.05) is 12.1 Å². The number of rotatable bonds is 7. The Labute approximate surface area is 201 Å². The minimum atomic E-state index is -1.15. The molecule has 4 heterocycles. The molecule has 3 aromatic rings. The first kappa shape index (κ1) is 22.2. The number of hydrogen-bond donors (Lipinski definition) is 1. The fourth-order valence-electron chi connectivity index (χ4n) is 4.58. The molecule has 176 valence electrons. The molecule has 2 aromatic heterocycles. The summed E-state index contributed by atoms with van der Waals surface area (Å²) >= 11 is 1.66. The van der Waals surface area contributed by atoms with Gasteiger partial charge in [-0.05, 0) is 56.0 Å². The molecule has 1 N–H and O–H groups in total.